The molecule has 3 rings (SSSR count). The molecule has 1 heterocycles. The van der Waals surface area contributed by atoms with Gasteiger partial charge in [-0.25, -0.2) is 4.98 Å². The van der Waals surface area contributed by atoms with Gasteiger partial charge in [-0.1, -0.05) is 0 Å². The quantitative estimate of drug-likeness (QED) is 0.663. The fourth-order valence-corrected chi connectivity index (χ4v) is 2.27. The Morgan fingerprint density at radius 3 is 2.67 bits per heavy atom. The lowest BCUT2D eigenvalue weighted by Gasteiger charge is -2.12. The van der Waals surface area contributed by atoms with Crippen LogP contribution in [0.1, 0.15) is 0 Å². The molecule has 0 aliphatic carbocycles. The lowest BCUT2D eigenvalue weighted by atomic mass is 10.1. The topological polar surface area (TPSA) is 79.0 Å². The summed E-state index contributed by atoms with van der Waals surface area (Å²) < 4.78 is 11.2. The van der Waals surface area contributed by atoms with Crippen molar-refractivity contribution in [1.82, 2.24) is 4.98 Å². The summed E-state index contributed by atoms with van der Waals surface area (Å²) >= 11 is 0. The van der Waals surface area contributed by atoms with Crippen LogP contribution in [0.5, 0.6) is 5.75 Å². The first kappa shape index (κ1) is 16.4. The van der Waals surface area contributed by atoms with Crippen LogP contribution in [-0.4, -0.2) is 49.5 Å². The lowest BCUT2D eigenvalue weighted by molar-refractivity contribution is 0.0536. The molecule has 0 amide bonds. The minimum Gasteiger partial charge on any atom is -0.491 e. The van der Waals surface area contributed by atoms with Gasteiger partial charge in [-0.15, -0.1) is 0 Å². The Morgan fingerprint density at radius 2 is 2.00 bits per heavy atom. The molecule has 24 heavy (non-hydrogen) atoms. The predicted octanol–water partition coefficient (Wildman–Crippen LogP) is 1.21. The van der Waals surface area contributed by atoms with Crippen LogP contribution in [0.3, 0.4) is 0 Å². The molecule has 0 saturated heterocycles. The molecule has 0 aliphatic heterocycles. The number of fused-ring (bicyclic) bond motifs is 1. The molecule has 1 atom stereocenters. The standard InChI is InChI=1S/C17H19BN2O4/c1-20(18)12-4-2-11(3-5-12)17-19-15-8-14(6-7-16(15)24-17)23-10-13(22)9-21/h2-8,13,21-22H,9-10,18H2,1H3/t13-/m0/s1. The summed E-state index contributed by atoms with van der Waals surface area (Å²) in [5.74, 6) is 1.11. The van der Waals surface area contributed by atoms with Gasteiger partial charge in [0.25, 0.3) is 0 Å². The molecule has 0 aliphatic rings. The first-order valence-electron chi connectivity index (χ1n) is 7.67. The van der Waals surface area contributed by atoms with Crippen LogP contribution in [0.2, 0.25) is 0 Å². The zero-order valence-electron chi connectivity index (χ0n) is 13.6. The number of hydrogen-bond donors (Lipinski definition) is 2. The molecule has 3 aromatic rings. The summed E-state index contributed by atoms with van der Waals surface area (Å²) in [5.41, 5.74) is 3.34. The van der Waals surface area contributed by atoms with Gasteiger partial charge in [-0.05, 0) is 43.4 Å². The van der Waals surface area contributed by atoms with Gasteiger partial charge in [0.1, 0.15) is 24.0 Å². The maximum atomic E-state index is 9.33. The van der Waals surface area contributed by atoms with E-state index in [9.17, 15) is 5.11 Å². The molecule has 0 unspecified atom stereocenters. The van der Waals surface area contributed by atoms with Crippen molar-refractivity contribution in [3.05, 3.63) is 42.5 Å². The first-order chi connectivity index (χ1) is 11.6. The van der Waals surface area contributed by atoms with Crippen LogP contribution >= 0.6 is 0 Å². The van der Waals surface area contributed by atoms with E-state index in [1.807, 2.05) is 44.1 Å². The maximum Gasteiger partial charge on any atom is 0.227 e. The normalized spacial score (nSPS) is 12.3. The highest BCUT2D eigenvalue weighted by molar-refractivity contribution is 6.17. The molecular formula is C17H19BN2O4. The molecule has 0 spiro atoms. The van der Waals surface area contributed by atoms with Crippen molar-refractivity contribution < 1.29 is 19.4 Å². The van der Waals surface area contributed by atoms with Crippen LogP contribution in [0.25, 0.3) is 22.6 Å². The highest BCUT2D eigenvalue weighted by Gasteiger charge is 2.10. The third kappa shape index (κ3) is 3.52. The Hall–Kier alpha value is -2.51. The van der Waals surface area contributed by atoms with Gasteiger partial charge in [0.2, 0.25) is 13.9 Å². The van der Waals surface area contributed by atoms with Gasteiger partial charge in [-0.3, -0.25) is 0 Å². The molecule has 2 aromatic carbocycles. The van der Waals surface area contributed by atoms with Gasteiger partial charge >= 0.3 is 0 Å². The van der Waals surface area contributed by atoms with Gasteiger partial charge in [0.05, 0.1) is 6.61 Å². The number of benzene rings is 2. The summed E-state index contributed by atoms with van der Waals surface area (Å²) in [6.07, 6.45) is -0.899. The fraction of sp³-hybridized carbons (Fsp3) is 0.235. The zero-order valence-corrected chi connectivity index (χ0v) is 13.6. The van der Waals surface area contributed by atoms with Crippen LogP contribution in [0.4, 0.5) is 5.69 Å². The van der Waals surface area contributed by atoms with E-state index < -0.39 is 6.10 Å². The number of aliphatic hydroxyl groups excluding tert-OH is 2. The summed E-state index contributed by atoms with van der Waals surface area (Å²) in [6, 6.07) is 13.2. The highest BCUT2D eigenvalue weighted by atomic mass is 16.5. The summed E-state index contributed by atoms with van der Waals surface area (Å²) in [6.45, 7) is -0.308. The van der Waals surface area contributed by atoms with Gasteiger partial charge < -0.3 is 24.2 Å². The molecule has 6 nitrogen and oxygen atoms in total. The molecule has 0 fully saturated rings. The number of anilines is 1. The molecule has 7 heteroatoms. The molecule has 0 radical (unpaired) electrons. The smallest absolute Gasteiger partial charge is 0.227 e. The van der Waals surface area contributed by atoms with Gasteiger partial charge in [0.15, 0.2) is 5.58 Å². The average molecular weight is 326 g/mol. The average Bonchev–Trinajstić information content (AvgIpc) is 3.03. The van der Waals surface area contributed by atoms with Crippen molar-refractivity contribution in [2.24, 2.45) is 0 Å². The molecule has 2 N–H and O–H groups in total. The number of aromatic nitrogens is 1. The number of aliphatic hydroxyl groups is 2. The number of oxazole rings is 1. The summed E-state index contributed by atoms with van der Waals surface area (Å²) in [4.78, 5) is 6.52. The number of hydrogen-bond acceptors (Lipinski definition) is 6. The second kappa shape index (κ2) is 6.94. The number of nitrogens with zero attached hydrogens (tertiary/aromatic N) is 2. The van der Waals surface area contributed by atoms with E-state index in [0.717, 1.165) is 11.3 Å². The van der Waals surface area contributed by atoms with Crippen molar-refractivity contribution in [1.29, 1.82) is 0 Å². The second-order valence-electron chi connectivity index (χ2n) is 5.74. The highest BCUT2D eigenvalue weighted by Crippen LogP contribution is 2.28. The van der Waals surface area contributed by atoms with Crippen molar-refractivity contribution >= 4 is 24.8 Å². The lowest BCUT2D eigenvalue weighted by Crippen LogP contribution is -2.21. The second-order valence-corrected chi connectivity index (χ2v) is 5.74. The molecule has 0 bridgehead atoms. The van der Waals surface area contributed by atoms with Crippen LogP contribution in [-0.2, 0) is 0 Å². The Bertz CT molecular complexity index is 817. The van der Waals surface area contributed by atoms with Crippen molar-refractivity contribution in [3.63, 3.8) is 0 Å². The monoisotopic (exact) mass is 326 g/mol. The first-order valence-corrected chi connectivity index (χ1v) is 7.67. The van der Waals surface area contributed by atoms with E-state index in [-0.39, 0.29) is 13.2 Å². The third-order valence-corrected chi connectivity index (χ3v) is 3.64. The maximum absolute atomic E-state index is 9.33. The predicted molar refractivity (Wildman–Crippen MR) is 95.0 cm³/mol. The van der Waals surface area contributed by atoms with Crippen LogP contribution in [0.15, 0.2) is 46.9 Å². The number of ether oxygens (including phenoxy) is 1. The largest absolute Gasteiger partial charge is 0.491 e. The summed E-state index contributed by atoms with van der Waals surface area (Å²) in [7, 11) is 3.98. The van der Waals surface area contributed by atoms with E-state index in [1.165, 1.54) is 0 Å². The van der Waals surface area contributed by atoms with Gasteiger partial charge in [-0.2, -0.15) is 0 Å². The van der Waals surface area contributed by atoms with Crippen LogP contribution in [0, 0.1) is 0 Å². The van der Waals surface area contributed by atoms with E-state index in [2.05, 4.69) is 4.98 Å². The minimum absolute atomic E-state index is 0.0265. The Morgan fingerprint density at radius 1 is 1.25 bits per heavy atom. The van der Waals surface area contributed by atoms with Gasteiger partial charge in [0, 0.05) is 17.3 Å². The van der Waals surface area contributed by atoms with Crippen LogP contribution < -0.4 is 9.55 Å². The van der Waals surface area contributed by atoms with Crippen molar-refractivity contribution in [2.45, 2.75) is 6.10 Å². The molecule has 1 aromatic heterocycles. The van der Waals surface area contributed by atoms with Crippen molar-refractivity contribution in [2.75, 3.05) is 25.1 Å². The number of rotatable bonds is 6. The Balaban J connectivity index is 1.83. The van der Waals surface area contributed by atoms with E-state index in [4.69, 9.17) is 14.3 Å². The van der Waals surface area contributed by atoms with E-state index >= 15 is 0 Å². The SMILES string of the molecule is BN(C)c1ccc(-c2nc3cc(OC[C@@H](O)CO)ccc3o2)cc1. The van der Waals surface area contributed by atoms with Crippen molar-refractivity contribution in [3.8, 4) is 17.2 Å². The van der Waals surface area contributed by atoms with E-state index in [0.29, 0.717) is 22.7 Å². The molecular weight excluding hydrogens is 307 g/mol. The molecule has 124 valence electrons. The summed E-state index contributed by atoms with van der Waals surface area (Å²) in [5, 5.41) is 18.1. The van der Waals surface area contributed by atoms with E-state index in [1.54, 1.807) is 18.2 Å². The Kier molecular flexibility index (Phi) is 4.73. The fourth-order valence-electron chi connectivity index (χ4n) is 2.27. The Labute approximate surface area is 140 Å². The third-order valence-electron chi connectivity index (χ3n) is 3.64. The zero-order chi connectivity index (χ0) is 17.1. The minimum atomic E-state index is -0.899. The molecule has 0 saturated carbocycles.